The van der Waals surface area contributed by atoms with Crippen LogP contribution in [0.5, 0.6) is 5.75 Å². The molecule has 0 radical (unpaired) electrons. The Morgan fingerprint density at radius 1 is 1.06 bits per heavy atom. The first-order valence-corrected chi connectivity index (χ1v) is 12.9. The van der Waals surface area contributed by atoms with Crippen LogP contribution in [-0.2, 0) is 11.0 Å². The summed E-state index contributed by atoms with van der Waals surface area (Å²) < 4.78 is 48.4. The van der Waals surface area contributed by atoms with Gasteiger partial charge in [0.05, 0.1) is 17.5 Å². The van der Waals surface area contributed by atoms with Gasteiger partial charge in [-0.05, 0) is 93.4 Å². The molecule has 2 atom stereocenters. The van der Waals surface area contributed by atoms with Crippen LogP contribution in [0.4, 0.5) is 19.0 Å². The van der Waals surface area contributed by atoms with Gasteiger partial charge in [0.2, 0.25) is 0 Å². The minimum absolute atomic E-state index is 0.0420. The molecule has 2 bridgehead atoms. The van der Waals surface area contributed by atoms with Crippen molar-refractivity contribution in [2.45, 2.75) is 83.0 Å². The average molecular weight is 491 g/mol. The lowest BCUT2D eigenvalue weighted by molar-refractivity contribution is -0.143. The molecule has 0 saturated heterocycles. The number of pyridine rings is 1. The maximum atomic E-state index is 14.2. The minimum Gasteiger partial charge on any atom is -0.490 e. The van der Waals surface area contributed by atoms with Gasteiger partial charge >= 0.3 is 12.1 Å². The summed E-state index contributed by atoms with van der Waals surface area (Å²) >= 11 is 0. The Bertz CT molecular complexity index is 1070. The minimum atomic E-state index is -4.56. The maximum absolute atomic E-state index is 14.2. The van der Waals surface area contributed by atoms with Crippen molar-refractivity contribution in [2.24, 2.45) is 23.7 Å². The first-order chi connectivity index (χ1) is 16.7. The fourth-order valence-electron chi connectivity index (χ4n) is 6.63. The second-order valence-corrected chi connectivity index (χ2v) is 10.6. The molecule has 8 heteroatoms. The first kappa shape index (κ1) is 24.2. The zero-order valence-electron chi connectivity index (χ0n) is 20.0. The Kier molecular flexibility index (Phi) is 6.57. The summed E-state index contributed by atoms with van der Waals surface area (Å²) in [6, 6.07) is 6.22. The van der Waals surface area contributed by atoms with Crippen LogP contribution in [0, 0.1) is 23.7 Å². The molecule has 1 heterocycles. The molecule has 1 aromatic heterocycles. The third-order valence-corrected chi connectivity index (χ3v) is 8.54. The topological polar surface area (TPSA) is 71.5 Å². The summed E-state index contributed by atoms with van der Waals surface area (Å²) in [5.41, 5.74) is -0.482. The third-order valence-electron chi connectivity index (χ3n) is 8.54. The van der Waals surface area contributed by atoms with Crippen molar-refractivity contribution in [3.8, 4) is 5.75 Å². The molecule has 0 aliphatic heterocycles. The average Bonchev–Trinajstić information content (AvgIpc) is 3.04. The standard InChI is InChI=1S/C27H33F3N2O3/c1-2-15-3-7-19(8-4-15)35-22-11-10-21-20(24(22)27(28,29)30)9-12-23(31-21)32-25-16-5-6-17(25)14-18(13-16)26(33)34/h9-12,15-19,25H,2-8,13-14H2,1H3,(H,31,32)(H,33,34)/t15-,16?,17?,18?,19+,25?. The van der Waals surface area contributed by atoms with Gasteiger partial charge in [-0.2, -0.15) is 13.2 Å². The van der Waals surface area contributed by atoms with Crippen LogP contribution >= 0.6 is 0 Å². The SMILES string of the molecule is CC[C@H]1CC[C@@H](Oc2ccc3nc(NC4C5CCC4CC(C(=O)O)C5)ccc3c2C(F)(F)F)CC1. The van der Waals surface area contributed by atoms with E-state index in [2.05, 4.69) is 17.2 Å². The van der Waals surface area contributed by atoms with Crippen LogP contribution in [0.2, 0.25) is 0 Å². The number of alkyl halides is 3. The quantitative estimate of drug-likeness (QED) is 0.461. The number of rotatable bonds is 6. The summed E-state index contributed by atoms with van der Waals surface area (Å²) in [6.45, 7) is 2.15. The molecule has 2 aromatic rings. The van der Waals surface area contributed by atoms with E-state index in [9.17, 15) is 23.1 Å². The van der Waals surface area contributed by atoms with Crippen molar-refractivity contribution in [1.29, 1.82) is 0 Å². The van der Waals surface area contributed by atoms with E-state index in [1.54, 1.807) is 12.1 Å². The molecule has 2 N–H and O–H groups in total. The third kappa shape index (κ3) is 4.94. The van der Waals surface area contributed by atoms with Crippen LogP contribution in [-0.4, -0.2) is 28.2 Å². The lowest BCUT2D eigenvalue weighted by Crippen LogP contribution is -2.39. The largest absolute Gasteiger partial charge is 0.490 e. The van der Waals surface area contributed by atoms with Gasteiger partial charge in [0.15, 0.2) is 0 Å². The van der Waals surface area contributed by atoms with E-state index >= 15 is 0 Å². The number of nitrogens with one attached hydrogen (secondary N) is 1. The number of halogens is 3. The normalized spacial score (nSPS) is 30.9. The van der Waals surface area contributed by atoms with Gasteiger partial charge in [-0.1, -0.05) is 13.3 Å². The number of aromatic nitrogens is 1. The molecule has 5 nitrogen and oxygen atoms in total. The van der Waals surface area contributed by atoms with Gasteiger partial charge in [0.25, 0.3) is 0 Å². The van der Waals surface area contributed by atoms with Gasteiger partial charge < -0.3 is 15.2 Å². The predicted molar refractivity (Wildman–Crippen MR) is 127 cm³/mol. The van der Waals surface area contributed by atoms with Gasteiger partial charge in [0.1, 0.15) is 17.1 Å². The number of hydrogen-bond acceptors (Lipinski definition) is 4. The van der Waals surface area contributed by atoms with E-state index < -0.39 is 17.7 Å². The van der Waals surface area contributed by atoms with E-state index in [0.29, 0.717) is 24.6 Å². The highest BCUT2D eigenvalue weighted by Gasteiger charge is 2.45. The second-order valence-electron chi connectivity index (χ2n) is 10.6. The van der Waals surface area contributed by atoms with E-state index in [-0.39, 0.29) is 46.6 Å². The van der Waals surface area contributed by atoms with Crippen LogP contribution in [0.15, 0.2) is 24.3 Å². The number of carboxylic acid groups (broad SMARTS) is 1. The van der Waals surface area contributed by atoms with Crippen LogP contribution < -0.4 is 10.1 Å². The Balaban J connectivity index is 1.37. The lowest BCUT2D eigenvalue weighted by atomic mass is 9.77. The van der Waals surface area contributed by atoms with Crippen LogP contribution in [0.1, 0.15) is 70.3 Å². The number of hydrogen-bond donors (Lipinski definition) is 2. The molecule has 35 heavy (non-hydrogen) atoms. The van der Waals surface area contributed by atoms with Crippen molar-refractivity contribution in [3.63, 3.8) is 0 Å². The van der Waals surface area contributed by atoms with Gasteiger partial charge in [-0.15, -0.1) is 0 Å². The summed E-state index contributed by atoms with van der Waals surface area (Å²) in [5, 5.41) is 12.9. The fourth-order valence-corrected chi connectivity index (χ4v) is 6.63. The molecular weight excluding hydrogens is 457 g/mol. The number of aliphatic carboxylic acids is 1. The smallest absolute Gasteiger partial charge is 0.420 e. The highest BCUT2D eigenvalue weighted by atomic mass is 19.4. The number of anilines is 1. The van der Waals surface area contributed by atoms with Gasteiger partial charge in [-0.25, -0.2) is 4.98 Å². The summed E-state index contributed by atoms with van der Waals surface area (Å²) in [5.74, 6) is 0.511. The lowest BCUT2D eigenvalue weighted by Gasteiger charge is -2.34. The summed E-state index contributed by atoms with van der Waals surface area (Å²) in [7, 11) is 0. The second kappa shape index (κ2) is 9.51. The zero-order valence-corrected chi connectivity index (χ0v) is 20.0. The molecule has 5 rings (SSSR count). The molecule has 0 spiro atoms. The van der Waals surface area contributed by atoms with Crippen molar-refractivity contribution < 1.29 is 27.8 Å². The Labute approximate surface area is 203 Å². The number of carboxylic acids is 1. The van der Waals surface area contributed by atoms with E-state index in [0.717, 1.165) is 44.9 Å². The molecule has 3 aliphatic carbocycles. The molecule has 3 fully saturated rings. The van der Waals surface area contributed by atoms with Gasteiger partial charge in [0, 0.05) is 11.4 Å². The number of nitrogens with zero attached hydrogens (tertiary/aromatic N) is 1. The number of benzene rings is 1. The number of fused-ring (bicyclic) bond motifs is 3. The fraction of sp³-hybridized carbons (Fsp3) is 0.630. The molecule has 190 valence electrons. The molecule has 2 unspecified atom stereocenters. The van der Waals surface area contributed by atoms with E-state index in [1.165, 1.54) is 12.1 Å². The van der Waals surface area contributed by atoms with Crippen molar-refractivity contribution in [2.75, 3.05) is 5.32 Å². The highest BCUT2D eigenvalue weighted by Crippen LogP contribution is 2.47. The molecule has 3 aliphatic rings. The van der Waals surface area contributed by atoms with Crippen LogP contribution in [0.25, 0.3) is 10.9 Å². The number of carbonyl (C=O) groups is 1. The zero-order chi connectivity index (χ0) is 24.7. The predicted octanol–water partition coefficient (Wildman–Crippen LogP) is 6.90. The van der Waals surface area contributed by atoms with E-state index in [4.69, 9.17) is 4.74 Å². The Morgan fingerprint density at radius 3 is 2.34 bits per heavy atom. The van der Waals surface area contributed by atoms with Crippen LogP contribution in [0.3, 0.4) is 0 Å². The summed E-state index contributed by atoms with van der Waals surface area (Å²) in [6.07, 6.45) is 3.10. The molecule has 3 saturated carbocycles. The first-order valence-electron chi connectivity index (χ1n) is 12.9. The van der Waals surface area contributed by atoms with E-state index in [1.807, 2.05) is 0 Å². The maximum Gasteiger partial charge on any atom is 0.420 e. The molecule has 1 aromatic carbocycles. The van der Waals surface area contributed by atoms with Gasteiger partial charge in [-0.3, -0.25) is 4.79 Å². The van der Waals surface area contributed by atoms with Crippen molar-refractivity contribution >= 4 is 22.7 Å². The Morgan fingerprint density at radius 2 is 1.74 bits per heavy atom. The molecule has 0 amide bonds. The van der Waals surface area contributed by atoms with Crippen molar-refractivity contribution in [1.82, 2.24) is 4.98 Å². The highest BCUT2D eigenvalue weighted by molar-refractivity contribution is 5.86. The summed E-state index contributed by atoms with van der Waals surface area (Å²) in [4.78, 5) is 16.0. The van der Waals surface area contributed by atoms with Crippen molar-refractivity contribution in [3.05, 3.63) is 29.8 Å². The molecular formula is C27H33F3N2O3. The Hall–Kier alpha value is -2.51. The monoisotopic (exact) mass is 490 g/mol. The number of ether oxygens (including phenoxy) is 1.